The number of piperazine rings is 1. The molecule has 0 radical (unpaired) electrons. The van der Waals surface area contributed by atoms with Gasteiger partial charge in [-0.25, -0.2) is 4.39 Å². The number of aryl methyl sites for hydroxylation is 2. The number of nitrogens with zero attached hydrogens (tertiary/aromatic N) is 2. The number of amides is 3. The maximum Gasteiger partial charge on any atom is 0.255 e. The number of hydrogen-bond donors (Lipinski definition) is 1. The molecule has 6 nitrogen and oxygen atoms in total. The Morgan fingerprint density at radius 1 is 0.967 bits per heavy atom. The Labute approximate surface area is 179 Å². The third kappa shape index (κ3) is 4.97. The van der Waals surface area contributed by atoms with E-state index < -0.39 is 5.82 Å². The predicted octanol–water partition coefficient (Wildman–Crippen LogP) is 2.81. The molecule has 0 aliphatic carbocycles. The number of carbonyl (C=O) groups excluding carboxylic acids is 3. The van der Waals surface area contributed by atoms with Gasteiger partial charge in [0.05, 0.1) is 17.1 Å². The fraction of sp³-hybridized carbons (Fsp3) is 0.318. The van der Waals surface area contributed by atoms with Crippen molar-refractivity contribution < 1.29 is 18.8 Å². The van der Waals surface area contributed by atoms with Crippen LogP contribution in [0, 0.1) is 19.7 Å². The van der Waals surface area contributed by atoms with Gasteiger partial charge in [-0.15, -0.1) is 0 Å². The first-order valence-electron chi connectivity index (χ1n) is 9.64. The van der Waals surface area contributed by atoms with E-state index in [9.17, 15) is 18.8 Å². The molecule has 1 fully saturated rings. The van der Waals surface area contributed by atoms with Crippen molar-refractivity contribution >= 4 is 29.3 Å². The lowest BCUT2D eigenvalue weighted by Crippen LogP contribution is -2.52. The number of halogens is 2. The van der Waals surface area contributed by atoms with Gasteiger partial charge in [-0.1, -0.05) is 17.7 Å². The molecular weight excluding hydrogens is 409 g/mol. The zero-order chi connectivity index (χ0) is 21.8. The number of hydrogen-bond acceptors (Lipinski definition) is 3. The third-order valence-electron chi connectivity index (χ3n) is 5.25. The van der Waals surface area contributed by atoms with Crippen LogP contribution in [0.1, 0.15) is 31.8 Å². The van der Waals surface area contributed by atoms with Crippen LogP contribution >= 0.6 is 11.6 Å². The highest BCUT2D eigenvalue weighted by molar-refractivity contribution is 6.33. The molecule has 0 atom stereocenters. The SMILES string of the molecule is Cc1ccc(C(=O)NCC(=O)N2CCN(C(=O)c3ccc(F)cc3Cl)CC2)cc1C. The molecule has 1 aliphatic heterocycles. The fourth-order valence-corrected chi connectivity index (χ4v) is 3.49. The average molecular weight is 432 g/mol. The zero-order valence-corrected chi connectivity index (χ0v) is 17.6. The molecule has 0 saturated carbocycles. The van der Waals surface area contributed by atoms with Crippen LogP contribution in [0.15, 0.2) is 36.4 Å². The highest BCUT2D eigenvalue weighted by Gasteiger charge is 2.26. The van der Waals surface area contributed by atoms with Crippen LogP contribution in [0.2, 0.25) is 5.02 Å². The molecule has 1 aliphatic rings. The number of carbonyl (C=O) groups is 3. The van der Waals surface area contributed by atoms with E-state index in [2.05, 4.69) is 5.32 Å². The molecule has 3 rings (SSSR count). The maximum absolute atomic E-state index is 13.2. The van der Waals surface area contributed by atoms with Crippen molar-refractivity contribution in [2.24, 2.45) is 0 Å². The van der Waals surface area contributed by atoms with Gasteiger partial charge in [-0.2, -0.15) is 0 Å². The van der Waals surface area contributed by atoms with Gasteiger partial charge in [-0.05, 0) is 55.3 Å². The van der Waals surface area contributed by atoms with Crippen molar-refractivity contribution in [2.45, 2.75) is 13.8 Å². The second kappa shape index (κ2) is 9.26. The Kier molecular flexibility index (Phi) is 6.72. The summed E-state index contributed by atoms with van der Waals surface area (Å²) in [5.41, 5.74) is 2.85. The second-order valence-electron chi connectivity index (χ2n) is 7.28. The summed E-state index contributed by atoms with van der Waals surface area (Å²) in [4.78, 5) is 40.5. The summed E-state index contributed by atoms with van der Waals surface area (Å²) in [6.07, 6.45) is 0. The minimum Gasteiger partial charge on any atom is -0.343 e. The van der Waals surface area contributed by atoms with Crippen LogP contribution in [-0.2, 0) is 4.79 Å². The van der Waals surface area contributed by atoms with E-state index >= 15 is 0 Å². The molecule has 2 aromatic rings. The molecule has 1 N–H and O–H groups in total. The van der Waals surface area contributed by atoms with E-state index in [1.807, 2.05) is 19.9 Å². The molecule has 1 heterocycles. The van der Waals surface area contributed by atoms with Crippen LogP contribution in [-0.4, -0.2) is 60.2 Å². The molecule has 158 valence electrons. The molecular formula is C22H23ClFN3O3. The van der Waals surface area contributed by atoms with E-state index in [1.54, 1.807) is 21.9 Å². The van der Waals surface area contributed by atoms with Crippen molar-refractivity contribution in [1.82, 2.24) is 15.1 Å². The van der Waals surface area contributed by atoms with Crippen molar-refractivity contribution in [3.8, 4) is 0 Å². The van der Waals surface area contributed by atoms with Crippen LogP contribution in [0.4, 0.5) is 4.39 Å². The van der Waals surface area contributed by atoms with Crippen LogP contribution in [0.3, 0.4) is 0 Å². The summed E-state index contributed by atoms with van der Waals surface area (Å²) < 4.78 is 13.2. The van der Waals surface area contributed by atoms with Gasteiger partial charge in [0.2, 0.25) is 5.91 Å². The van der Waals surface area contributed by atoms with Crippen LogP contribution in [0.5, 0.6) is 0 Å². The van der Waals surface area contributed by atoms with Gasteiger partial charge in [0.1, 0.15) is 5.82 Å². The summed E-state index contributed by atoms with van der Waals surface area (Å²) in [6, 6.07) is 9.05. The van der Waals surface area contributed by atoms with Crippen molar-refractivity contribution in [2.75, 3.05) is 32.7 Å². The molecule has 0 aromatic heterocycles. The first-order chi connectivity index (χ1) is 14.3. The molecule has 2 aromatic carbocycles. The van der Waals surface area contributed by atoms with Crippen LogP contribution < -0.4 is 5.32 Å². The lowest BCUT2D eigenvalue weighted by Gasteiger charge is -2.35. The van der Waals surface area contributed by atoms with E-state index in [4.69, 9.17) is 11.6 Å². The van der Waals surface area contributed by atoms with Crippen LogP contribution in [0.25, 0.3) is 0 Å². The third-order valence-corrected chi connectivity index (χ3v) is 5.56. The predicted molar refractivity (Wildman–Crippen MR) is 112 cm³/mol. The molecule has 0 spiro atoms. The molecule has 8 heteroatoms. The fourth-order valence-electron chi connectivity index (χ4n) is 3.24. The number of nitrogens with one attached hydrogen (secondary N) is 1. The topological polar surface area (TPSA) is 69.7 Å². The highest BCUT2D eigenvalue weighted by Crippen LogP contribution is 2.20. The van der Waals surface area contributed by atoms with Crippen molar-refractivity contribution in [3.63, 3.8) is 0 Å². The van der Waals surface area contributed by atoms with Gasteiger partial charge >= 0.3 is 0 Å². The Morgan fingerprint density at radius 3 is 2.27 bits per heavy atom. The zero-order valence-electron chi connectivity index (χ0n) is 16.9. The quantitative estimate of drug-likeness (QED) is 0.809. The molecule has 3 amide bonds. The van der Waals surface area contributed by atoms with Crippen molar-refractivity contribution in [3.05, 3.63) is 69.5 Å². The summed E-state index contributed by atoms with van der Waals surface area (Å²) >= 11 is 5.97. The second-order valence-corrected chi connectivity index (χ2v) is 7.69. The Balaban J connectivity index is 1.50. The Bertz CT molecular complexity index is 988. The number of rotatable bonds is 4. The number of benzene rings is 2. The van der Waals surface area contributed by atoms with E-state index in [0.29, 0.717) is 31.7 Å². The van der Waals surface area contributed by atoms with Gasteiger partial charge in [0, 0.05) is 31.7 Å². The normalized spacial score (nSPS) is 13.9. The minimum absolute atomic E-state index is 0.0626. The molecule has 0 unspecified atom stereocenters. The Morgan fingerprint density at radius 2 is 1.63 bits per heavy atom. The first kappa shape index (κ1) is 21.8. The first-order valence-corrected chi connectivity index (χ1v) is 10.0. The van der Waals surface area contributed by atoms with E-state index in [-0.39, 0.29) is 34.9 Å². The molecule has 0 bridgehead atoms. The average Bonchev–Trinajstić information content (AvgIpc) is 2.73. The standard InChI is InChI=1S/C22H23ClFN3O3/c1-14-3-4-16(11-15(14)2)21(29)25-13-20(28)26-7-9-27(10-8-26)22(30)18-6-5-17(24)12-19(18)23/h3-6,11-12H,7-10,13H2,1-2H3,(H,25,29). The maximum atomic E-state index is 13.2. The smallest absolute Gasteiger partial charge is 0.255 e. The minimum atomic E-state index is -0.505. The lowest BCUT2D eigenvalue weighted by molar-refractivity contribution is -0.131. The Hall–Kier alpha value is -2.93. The van der Waals surface area contributed by atoms with E-state index in [0.717, 1.165) is 17.2 Å². The molecule has 1 saturated heterocycles. The summed E-state index contributed by atoms with van der Waals surface area (Å²) in [7, 11) is 0. The van der Waals surface area contributed by atoms with E-state index in [1.165, 1.54) is 12.1 Å². The van der Waals surface area contributed by atoms with Crippen molar-refractivity contribution in [1.29, 1.82) is 0 Å². The summed E-state index contributed by atoms with van der Waals surface area (Å²) in [5.74, 6) is -1.31. The van der Waals surface area contributed by atoms with Gasteiger partial charge < -0.3 is 15.1 Å². The largest absolute Gasteiger partial charge is 0.343 e. The highest BCUT2D eigenvalue weighted by atomic mass is 35.5. The summed E-state index contributed by atoms with van der Waals surface area (Å²) in [6.45, 7) is 5.16. The summed E-state index contributed by atoms with van der Waals surface area (Å²) in [5, 5.41) is 2.71. The molecule has 30 heavy (non-hydrogen) atoms. The van der Waals surface area contributed by atoms with Gasteiger partial charge in [0.15, 0.2) is 0 Å². The van der Waals surface area contributed by atoms with Gasteiger partial charge in [-0.3, -0.25) is 14.4 Å². The monoisotopic (exact) mass is 431 g/mol. The lowest BCUT2D eigenvalue weighted by atomic mass is 10.1. The van der Waals surface area contributed by atoms with Gasteiger partial charge in [0.25, 0.3) is 11.8 Å².